The van der Waals surface area contributed by atoms with E-state index in [1.54, 1.807) is 19.1 Å². The summed E-state index contributed by atoms with van der Waals surface area (Å²) >= 11 is 1.35. The smallest absolute Gasteiger partial charge is 0.231 e. The van der Waals surface area contributed by atoms with Crippen molar-refractivity contribution in [2.45, 2.75) is 12.8 Å². The van der Waals surface area contributed by atoms with E-state index in [2.05, 4.69) is 10.3 Å². The van der Waals surface area contributed by atoms with Crippen LogP contribution in [0.25, 0.3) is 11.3 Å². The summed E-state index contributed by atoms with van der Waals surface area (Å²) in [5, 5.41) is 5.26. The summed E-state index contributed by atoms with van der Waals surface area (Å²) in [6.07, 6.45) is 1.01. The second kappa shape index (κ2) is 9.82. The second-order valence-electron chi connectivity index (χ2n) is 7.57. The highest BCUT2D eigenvalue weighted by atomic mass is 32.1. The lowest BCUT2D eigenvalue weighted by Crippen LogP contribution is -2.30. The molecule has 1 aliphatic heterocycles. The van der Waals surface area contributed by atoms with Crippen LogP contribution in [0.3, 0.4) is 0 Å². The summed E-state index contributed by atoms with van der Waals surface area (Å²) in [5.74, 6) is 0.734. The van der Waals surface area contributed by atoms with Gasteiger partial charge in [0.15, 0.2) is 16.6 Å². The second-order valence-corrected chi connectivity index (χ2v) is 8.43. The van der Waals surface area contributed by atoms with Gasteiger partial charge in [0.1, 0.15) is 0 Å². The molecule has 2 amide bonds. The molecule has 1 unspecified atom stereocenters. The monoisotopic (exact) mass is 451 g/mol. The molecule has 0 radical (unpaired) electrons. The minimum atomic E-state index is -0.369. The highest BCUT2D eigenvalue weighted by Crippen LogP contribution is 2.33. The van der Waals surface area contributed by atoms with Crippen LogP contribution in [0.15, 0.2) is 53.9 Å². The van der Waals surface area contributed by atoms with Crippen LogP contribution in [-0.4, -0.2) is 49.0 Å². The fourth-order valence-corrected chi connectivity index (χ4v) is 4.46. The van der Waals surface area contributed by atoms with Crippen LogP contribution >= 0.6 is 11.3 Å². The molecule has 166 valence electrons. The predicted octanol–water partition coefficient (Wildman–Crippen LogP) is 3.86. The van der Waals surface area contributed by atoms with Crippen molar-refractivity contribution in [2.75, 3.05) is 32.6 Å². The zero-order chi connectivity index (χ0) is 22.5. The molecule has 0 spiro atoms. The molecule has 1 atom stereocenters. The van der Waals surface area contributed by atoms with Crippen LogP contribution in [0.1, 0.15) is 12.0 Å². The van der Waals surface area contributed by atoms with Gasteiger partial charge in [-0.15, -0.1) is 11.3 Å². The van der Waals surface area contributed by atoms with Crippen LogP contribution in [0.4, 0.5) is 5.13 Å². The third-order valence-electron chi connectivity index (χ3n) is 5.51. The third-order valence-corrected chi connectivity index (χ3v) is 6.27. The standard InChI is InChI=1S/C24H25N3O4S/c1-30-20-9-8-17(12-21(20)31-2)19-15-32-24(25-19)26-23(29)18-13-22(28)27(14-18)11-10-16-6-4-3-5-7-16/h3-9,12,15,18H,10-11,13-14H2,1-2H3,(H,25,26,29). The molecule has 0 aliphatic carbocycles. The van der Waals surface area contributed by atoms with Gasteiger partial charge in [0.2, 0.25) is 11.8 Å². The zero-order valence-electron chi connectivity index (χ0n) is 18.0. The quantitative estimate of drug-likeness (QED) is 0.563. The summed E-state index contributed by atoms with van der Waals surface area (Å²) < 4.78 is 10.6. The van der Waals surface area contributed by atoms with E-state index >= 15 is 0 Å². The Morgan fingerprint density at radius 1 is 1.16 bits per heavy atom. The SMILES string of the molecule is COc1ccc(-c2csc(NC(=O)C3CC(=O)N(CCc4ccccc4)C3)n2)cc1OC. The molecule has 8 heteroatoms. The first-order valence-corrected chi connectivity index (χ1v) is 11.3. The number of ether oxygens (including phenoxy) is 2. The summed E-state index contributed by atoms with van der Waals surface area (Å²) in [6, 6.07) is 15.6. The molecule has 2 aromatic carbocycles. The van der Waals surface area contributed by atoms with Crippen LogP contribution in [0.2, 0.25) is 0 Å². The normalized spacial score (nSPS) is 15.6. The molecular formula is C24H25N3O4S. The van der Waals surface area contributed by atoms with Gasteiger partial charge in [0.05, 0.1) is 25.8 Å². The fraction of sp³-hybridized carbons (Fsp3) is 0.292. The maximum absolute atomic E-state index is 12.7. The van der Waals surface area contributed by atoms with Gasteiger partial charge in [-0.2, -0.15) is 0 Å². The number of hydrogen-bond donors (Lipinski definition) is 1. The number of amides is 2. The molecule has 4 rings (SSSR count). The van der Waals surface area contributed by atoms with Crippen molar-refractivity contribution in [1.82, 2.24) is 9.88 Å². The number of rotatable bonds is 8. The number of likely N-dealkylation sites (tertiary alicyclic amines) is 1. The zero-order valence-corrected chi connectivity index (χ0v) is 18.9. The van der Waals surface area contributed by atoms with Gasteiger partial charge in [-0.05, 0) is 30.2 Å². The molecule has 1 saturated heterocycles. The van der Waals surface area contributed by atoms with Crippen LogP contribution in [-0.2, 0) is 16.0 Å². The van der Waals surface area contributed by atoms with E-state index in [0.717, 1.165) is 17.7 Å². The lowest BCUT2D eigenvalue weighted by molar-refractivity contribution is -0.128. The van der Waals surface area contributed by atoms with Gasteiger partial charge in [-0.1, -0.05) is 30.3 Å². The van der Waals surface area contributed by atoms with Gasteiger partial charge in [0.25, 0.3) is 0 Å². The van der Waals surface area contributed by atoms with E-state index in [1.807, 2.05) is 53.9 Å². The summed E-state index contributed by atoms with van der Waals surface area (Å²) in [6.45, 7) is 1.05. The predicted molar refractivity (Wildman–Crippen MR) is 124 cm³/mol. The number of benzene rings is 2. The molecule has 1 fully saturated rings. The van der Waals surface area contributed by atoms with Crippen LogP contribution in [0, 0.1) is 5.92 Å². The molecule has 1 aliphatic rings. The van der Waals surface area contributed by atoms with E-state index in [-0.39, 0.29) is 24.2 Å². The van der Waals surface area contributed by atoms with Gasteiger partial charge in [0, 0.05) is 30.5 Å². The Balaban J connectivity index is 1.35. The van der Waals surface area contributed by atoms with Crippen LogP contribution < -0.4 is 14.8 Å². The van der Waals surface area contributed by atoms with Gasteiger partial charge >= 0.3 is 0 Å². The average Bonchev–Trinajstić information content (AvgIpc) is 3.44. The average molecular weight is 452 g/mol. The van der Waals surface area contributed by atoms with E-state index < -0.39 is 0 Å². The van der Waals surface area contributed by atoms with Crippen molar-refractivity contribution in [3.05, 3.63) is 59.5 Å². The van der Waals surface area contributed by atoms with Crippen molar-refractivity contribution in [3.63, 3.8) is 0 Å². The van der Waals surface area contributed by atoms with Gasteiger partial charge in [-0.3, -0.25) is 9.59 Å². The number of aromatic nitrogens is 1. The summed E-state index contributed by atoms with van der Waals surface area (Å²) in [5.41, 5.74) is 2.78. The third kappa shape index (κ3) is 4.91. The molecule has 0 bridgehead atoms. The van der Waals surface area contributed by atoms with Crippen molar-refractivity contribution in [3.8, 4) is 22.8 Å². The number of anilines is 1. The molecule has 7 nitrogen and oxygen atoms in total. The lowest BCUT2D eigenvalue weighted by atomic mass is 10.1. The maximum atomic E-state index is 12.7. The Kier molecular flexibility index (Phi) is 6.70. The number of carbonyl (C=O) groups is 2. The van der Waals surface area contributed by atoms with E-state index in [9.17, 15) is 9.59 Å². The summed E-state index contributed by atoms with van der Waals surface area (Å²) in [4.78, 5) is 31.4. The van der Waals surface area contributed by atoms with Gasteiger partial charge in [-0.25, -0.2) is 4.98 Å². The number of nitrogens with one attached hydrogen (secondary N) is 1. The van der Waals surface area contributed by atoms with E-state index in [1.165, 1.54) is 16.9 Å². The molecule has 1 aromatic heterocycles. The minimum absolute atomic E-state index is 0.0197. The number of methoxy groups -OCH3 is 2. The first kappa shape index (κ1) is 21.8. The molecule has 3 aromatic rings. The van der Waals surface area contributed by atoms with E-state index in [4.69, 9.17) is 9.47 Å². The molecule has 1 N–H and O–H groups in total. The Bertz CT molecular complexity index is 1100. The fourth-order valence-electron chi connectivity index (χ4n) is 3.74. The number of nitrogens with zero attached hydrogens (tertiary/aromatic N) is 2. The van der Waals surface area contributed by atoms with Crippen LogP contribution in [0.5, 0.6) is 11.5 Å². The largest absolute Gasteiger partial charge is 0.493 e. The number of thiazole rings is 1. The number of hydrogen-bond acceptors (Lipinski definition) is 6. The Labute approximate surface area is 191 Å². The molecule has 2 heterocycles. The Hall–Kier alpha value is -3.39. The topological polar surface area (TPSA) is 80.8 Å². The minimum Gasteiger partial charge on any atom is -0.493 e. The van der Waals surface area contributed by atoms with Gasteiger partial charge < -0.3 is 19.7 Å². The maximum Gasteiger partial charge on any atom is 0.231 e. The highest BCUT2D eigenvalue weighted by Gasteiger charge is 2.34. The highest BCUT2D eigenvalue weighted by molar-refractivity contribution is 7.14. The van der Waals surface area contributed by atoms with Crippen molar-refractivity contribution >= 4 is 28.3 Å². The van der Waals surface area contributed by atoms with Crippen molar-refractivity contribution in [1.29, 1.82) is 0 Å². The molecule has 0 saturated carbocycles. The van der Waals surface area contributed by atoms with Crippen molar-refractivity contribution < 1.29 is 19.1 Å². The Morgan fingerprint density at radius 2 is 1.94 bits per heavy atom. The van der Waals surface area contributed by atoms with E-state index in [0.29, 0.717) is 29.7 Å². The number of carbonyl (C=O) groups excluding carboxylic acids is 2. The Morgan fingerprint density at radius 3 is 2.69 bits per heavy atom. The lowest BCUT2D eigenvalue weighted by Gasteiger charge is -2.16. The summed E-state index contributed by atoms with van der Waals surface area (Å²) in [7, 11) is 3.17. The first-order valence-electron chi connectivity index (χ1n) is 10.4. The first-order chi connectivity index (χ1) is 15.6. The van der Waals surface area contributed by atoms with Crippen molar-refractivity contribution in [2.24, 2.45) is 5.92 Å². The molecule has 32 heavy (non-hydrogen) atoms. The molecular weight excluding hydrogens is 426 g/mol.